The van der Waals surface area contributed by atoms with Gasteiger partial charge in [-0.1, -0.05) is 42.5 Å². The first-order valence-electron chi connectivity index (χ1n) is 8.27. The van der Waals surface area contributed by atoms with Crippen LogP contribution in [0.25, 0.3) is 20.8 Å². The van der Waals surface area contributed by atoms with Gasteiger partial charge in [-0.05, 0) is 12.1 Å². The summed E-state index contributed by atoms with van der Waals surface area (Å²) in [6.07, 6.45) is 0.310. The standard InChI is InChI=1S/C20H17N3OS2/c1-23(12-18-22-16-9-5-6-10-17(16)26-18)19(24)11-15-13-25-20(21-15)14-7-3-2-4-8-14/h2-10,13H,11-12H2,1H3. The second-order valence-corrected chi connectivity index (χ2v) is 7.99. The molecular weight excluding hydrogens is 362 g/mol. The fraction of sp³-hybridized carbons (Fsp3) is 0.150. The molecule has 2 aromatic heterocycles. The van der Waals surface area contributed by atoms with E-state index in [-0.39, 0.29) is 5.91 Å². The highest BCUT2D eigenvalue weighted by molar-refractivity contribution is 7.18. The van der Waals surface area contributed by atoms with Crippen molar-refractivity contribution in [1.29, 1.82) is 0 Å². The van der Waals surface area contributed by atoms with E-state index in [2.05, 4.69) is 16.0 Å². The lowest BCUT2D eigenvalue weighted by Crippen LogP contribution is -2.27. The second kappa shape index (κ2) is 7.35. The molecule has 4 nitrogen and oxygen atoms in total. The van der Waals surface area contributed by atoms with Crippen molar-refractivity contribution in [2.75, 3.05) is 7.05 Å². The molecule has 0 fully saturated rings. The minimum absolute atomic E-state index is 0.0502. The van der Waals surface area contributed by atoms with Gasteiger partial charge in [0.05, 0.1) is 28.9 Å². The van der Waals surface area contributed by atoms with E-state index in [0.717, 1.165) is 31.5 Å². The number of hydrogen-bond acceptors (Lipinski definition) is 5. The summed E-state index contributed by atoms with van der Waals surface area (Å²) in [6.45, 7) is 0.522. The Morgan fingerprint density at radius 2 is 1.81 bits per heavy atom. The van der Waals surface area contributed by atoms with Crippen molar-refractivity contribution < 1.29 is 4.79 Å². The van der Waals surface area contributed by atoms with E-state index in [1.165, 1.54) is 0 Å². The number of hydrogen-bond donors (Lipinski definition) is 0. The van der Waals surface area contributed by atoms with E-state index in [9.17, 15) is 4.79 Å². The molecule has 2 heterocycles. The van der Waals surface area contributed by atoms with Gasteiger partial charge in [0.1, 0.15) is 10.0 Å². The van der Waals surface area contributed by atoms with Gasteiger partial charge in [0, 0.05) is 18.0 Å². The molecule has 0 saturated carbocycles. The number of nitrogens with zero attached hydrogens (tertiary/aromatic N) is 3. The van der Waals surface area contributed by atoms with Crippen LogP contribution in [-0.4, -0.2) is 27.8 Å². The van der Waals surface area contributed by atoms with Crippen LogP contribution >= 0.6 is 22.7 Å². The molecule has 0 radical (unpaired) electrons. The molecule has 0 bridgehead atoms. The van der Waals surface area contributed by atoms with E-state index in [1.807, 2.05) is 61.0 Å². The van der Waals surface area contributed by atoms with Crippen molar-refractivity contribution in [3.8, 4) is 10.6 Å². The van der Waals surface area contributed by atoms with E-state index >= 15 is 0 Å². The first kappa shape index (κ1) is 16.9. The molecule has 2 aromatic carbocycles. The lowest BCUT2D eigenvalue weighted by Gasteiger charge is -2.14. The average molecular weight is 380 g/mol. The van der Waals surface area contributed by atoms with Crippen molar-refractivity contribution in [3.63, 3.8) is 0 Å². The van der Waals surface area contributed by atoms with Crippen LogP contribution in [0.2, 0.25) is 0 Å². The van der Waals surface area contributed by atoms with Crippen LogP contribution in [-0.2, 0) is 17.8 Å². The highest BCUT2D eigenvalue weighted by atomic mass is 32.1. The molecular formula is C20H17N3OS2. The molecule has 130 valence electrons. The number of para-hydroxylation sites is 1. The number of benzene rings is 2. The van der Waals surface area contributed by atoms with E-state index in [1.54, 1.807) is 27.6 Å². The molecule has 0 atom stereocenters. The first-order valence-corrected chi connectivity index (χ1v) is 9.97. The average Bonchev–Trinajstić information content (AvgIpc) is 3.28. The van der Waals surface area contributed by atoms with E-state index in [0.29, 0.717) is 13.0 Å². The predicted octanol–water partition coefficient (Wildman–Crippen LogP) is 4.62. The number of thiazole rings is 2. The van der Waals surface area contributed by atoms with Gasteiger partial charge in [-0.15, -0.1) is 22.7 Å². The summed E-state index contributed by atoms with van der Waals surface area (Å²) >= 11 is 3.20. The van der Waals surface area contributed by atoms with Gasteiger partial charge in [-0.3, -0.25) is 4.79 Å². The Labute approximate surface area is 159 Å². The lowest BCUT2D eigenvalue weighted by molar-refractivity contribution is -0.129. The van der Waals surface area contributed by atoms with Gasteiger partial charge >= 0.3 is 0 Å². The number of amides is 1. The van der Waals surface area contributed by atoms with Gasteiger partial charge < -0.3 is 4.90 Å². The molecule has 0 aliphatic heterocycles. The minimum atomic E-state index is 0.0502. The maximum absolute atomic E-state index is 12.5. The highest BCUT2D eigenvalue weighted by Gasteiger charge is 2.15. The zero-order chi connectivity index (χ0) is 17.9. The number of rotatable bonds is 5. The maximum Gasteiger partial charge on any atom is 0.228 e. The summed E-state index contributed by atoms with van der Waals surface area (Å²) in [7, 11) is 1.82. The van der Waals surface area contributed by atoms with Crippen LogP contribution in [0.1, 0.15) is 10.7 Å². The van der Waals surface area contributed by atoms with Gasteiger partial charge in [0.15, 0.2) is 0 Å². The Morgan fingerprint density at radius 1 is 1.04 bits per heavy atom. The molecule has 1 amide bonds. The van der Waals surface area contributed by atoms with E-state index < -0.39 is 0 Å². The molecule has 4 rings (SSSR count). The summed E-state index contributed by atoms with van der Waals surface area (Å²) in [5.41, 5.74) is 2.88. The Bertz CT molecular complexity index is 1010. The van der Waals surface area contributed by atoms with Gasteiger partial charge in [-0.25, -0.2) is 9.97 Å². The highest BCUT2D eigenvalue weighted by Crippen LogP contribution is 2.24. The van der Waals surface area contributed by atoms with Crippen molar-refractivity contribution in [2.24, 2.45) is 0 Å². The summed E-state index contributed by atoms with van der Waals surface area (Å²) in [5, 5.41) is 3.86. The third kappa shape index (κ3) is 3.66. The quantitative estimate of drug-likeness (QED) is 0.508. The molecule has 0 saturated heterocycles. The molecule has 4 aromatic rings. The summed E-state index contributed by atoms with van der Waals surface area (Å²) in [6, 6.07) is 18.1. The third-order valence-electron chi connectivity index (χ3n) is 4.04. The Morgan fingerprint density at radius 3 is 2.62 bits per heavy atom. The molecule has 0 aliphatic rings. The summed E-state index contributed by atoms with van der Waals surface area (Å²) in [5.74, 6) is 0.0502. The van der Waals surface area contributed by atoms with Crippen molar-refractivity contribution in [2.45, 2.75) is 13.0 Å². The third-order valence-corrected chi connectivity index (χ3v) is 6.00. The first-order chi connectivity index (χ1) is 12.7. The number of carbonyl (C=O) groups is 1. The van der Waals surface area contributed by atoms with Crippen molar-refractivity contribution in [3.05, 3.63) is 70.7 Å². The zero-order valence-electron chi connectivity index (χ0n) is 14.3. The molecule has 0 spiro atoms. The fourth-order valence-corrected chi connectivity index (χ4v) is 4.52. The lowest BCUT2D eigenvalue weighted by atomic mass is 10.2. The Balaban J connectivity index is 1.42. The second-order valence-electron chi connectivity index (χ2n) is 6.01. The van der Waals surface area contributed by atoms with Crippen LogP contribution in [0.15, 0.2) is 60.0 Å². The summed E-state index contributed by atoms with van der Waals surface area (Å²) in [4.78, 5) is 23.5. The van der Waals surface area contributed by atoms with Crippen molar-refractivity contribution >= 4 is 38.8 Å². The number of aromatic nitrogens is 2. The maximum atomic E-state index is 12.5. The Kier molecular flexibility index (Phi) is 4.77. The normalized spacial score (nSPS) is 11.0. The van der Waals surface area contributed by atoms with Crippen LogP contribution < -0.4 is 0 Å². The molecule has 6 heteroatoms. The fourth-order valence-electron chi connectivity index (χ4n) is 2.67. The topological polar surface area (TPSA) is 46.1 Å². The molecule has 0 unspecified atom stereocenters. The molecule has 0 aliphatic carbocycles. The number of fused-ring (bicyclic) bond motifs is 1. The predicted molar refractivity (Wildman–Crippen MR) is 107 cm³/mol. The smallest absolute Gasteiger partial charge is 0.228 e. The number of carbonyl (C=O) groups excluding carboxylic acids is 1. The summed E-state index contributed by atoms with van der Waals surface area (Å²) < 4.78 is 1.15. The minimum Gasteiger partial charge on any atom is -0.339 e. The number of likely N-dealkylation sites (N-methyl/N-ethyl adjacent to an activating group) is 1. The van der Waals surface area contributed by atoms with Crippen LogP contribution in [0.3, 0.4) is 0 Å². The van der Waals surface area contributed by atoms with E-state index in [4.69, 9.17) is 0 Å². The van der Waals surface area contributed by atoms with Crippen molar-refractivity contribution in [1.82, 2.24) is 14.9 Å². The van der Waals surface area contributed by atoms with Crippen LogP contribution in [0, 0.1) is 0 Å². The van der Waals surface area contributed by atoms with Gasteiger partial charge in [0.2, 0.25) is 5.91 Å². The Hall–Kier alpha value is -2.57. The molecule has 0 N–H and O–H groups in total. The SMILES string of the molecule is CN(Cc1nc2ccccc2s1)C(=O)Cc1csc(-c2ccccc2)n1. The monoisotopic (exact) mass is 379 g/mol. The zero-order valence-corrected chi connectivity index (χ0v) is 15.9. The van der Waals surface area contributed by atoms with Gasteiger partial charge in [-0.2, -0.15) is 0 Å². The van der Waals surface area contributed by atoms with Crippen LogP contribution in [0.4, 0.5) is 0 Å². The molecule has 26 heavy (non-hydrogen) atoms. The van der Waals surface area contributed by atoms with Gasteiger partial charge in [0.25, 0.3) is 0 Å². The van der Waals surface area contributed by atoms with Crippen LogP contribution in [0.5, 0.6) is 0 Å². The largest absolute Gasteiger partial charge is 0.339 e.